The molecule has 356 valence electrons. The minimum absolute atomic E-state index is 0.00780. The number of aliphatic hydroxyl groups is 4. The van der Waals surface area contributed by atoms with Crippen LogP contribution in [0.25, 0.3) is 0 Å². The zero-order valence-electron chi connectivity index (χ0n) is 38.5. The first kappa shape index (κ1) is 51.9. The fraction of sp³-hybridized carbons (Fsp3) is 0.761. The van der Waals surface area contributed by atoms with E-state index in [2.05, 4.69) is 0 Å². The minimum atomic E-state index is -2.41. The van der Waals surface area contributed by atoms with Crippen molar-refractivity contribution in [2.45, 2.75) is 193 Å². The van der Waals surface area contributed by atoms with Gasteiger partial charge in [-0.2, -0.15) is 0 Å². The molecule has 0 radical (unpaired) electrons. The number of carbonyl (C=O) groups excluding carboxylic acids is 5. The topological polar surface area (TPSA) is 240 Å². The molecule has 4 heterocycles. The van der Waals surface area contributed by atoms with Crippen molar-refractivity contribution in [3.8, 4) is 0 Å². The highest BCUT2D eigenvalue weighted by atomic mass is 16.7. The van der Waals surface area contributed by atoms with E-state index in [1.165, 1.54) is 27.2 Å². The lowest BCUT2D eigenvalue weighted by Gasteiger charge is -2.54. The Kier molecular flexibility index (Phi) is 17.7. The Bertz CT molecular complexity index is 1730. The maximum absolute atomic E-state index is 13.5. The van der Waals surface area contributed by atoms with Crippen molar-refractivity contribution in [2.24, 2.45) is 16.7 Å². The first-order chi connectivity index (χ1) is 29.3. The molecule has 4 N–H and O–H groups in total. The number of aliphatic hydroxyl groups excluding tert-OH is 2. The van der Waals surface area contributed by atoms with Gasteiger partial charge in [-0.1, -0.05) is 66.2 Å². The van der Waals surface area contributed by atoms with E-state index in [0.29, 0.717) is 12.0 Å². The van der Waals surface area contributed by atoms with Crippen molar-refractivity contribution in [1.29, 1.82) is 0 Å². The smallest absolute Gasteiger partial charge is 0.330 e. The van der Waals surface area contributed by atoms with Gasteiger partial charge in [0.05, 0.1) is 62.7 Å². The molecule has 17 nitrogen and oxygen atoms in total. The molecule has 0 aromatic rings. The normalized spacial score (nSPS) is 36.0. The molecule has 0 aromatic carbocycles. The summed E-state index contributed by atoms with van der Waals surface area (Å²) in [5.41, 5.74) is -1.97. The van der Waals surface area contributed by atoms with Gasteiger partial charge in [-0.3, -0.25) is 14.4 Å². The van der Waals surface area contributed by atoms with Crippen LogP contribution in [-0.4, -0.2) is 131 Å². The molecule has 17 heteroatoms. The van der Waals surface area contributed by atoms with Crippen LogP contribution in [0.3, 0.4) is 0 Å². The van der Waals surface area contributed by atoms with Gasteiger partial charge in [0.2, 0.25) is 5.79 Å². The molecular weight excluding hydrogens is 824 g/mol. The van der Waals surface area contributed by atoms with Crippen molar-refractivity contribution in [3.05, 3.63) is 35.5 Å². The third-order valence-electron chi connectivity index (χ3n) is 12.5. The van der Waals surface area contributed by atoms with E-state index in [1.54, 1.807) is 46.8 Å². The summed E-state index contributed by atoms with van der Waals surface area (Å²) in [6.07, 6.45) is -4.43. The fourth-order valence-electron chi connectivity index (χ4n) is 8.68. The minimum Gasteiger partial charge on any atom is -0.466 e. The molecular formula is C46H70O17. The van der Waals surface area contributed by atoms with Crippen molar-refractivity contribution in [2.75, 3.05) is 14.2 Å². The average molecular weight is 895 g/mol. The number of methoxy groups -OCH3 is 2. The molecule has 0 spiro atoms. The number of fused-ring (bicyclic) bond motifs is 6. The molecule has 3 saturated heterocycles. The molecule has 6 bridgehead atoms. The molecule has 11 atom stereocenters. The number of hydrogen-bond acceptors (Lipinski definition) is 17. The molecule has 0 amide bonds. The molecule has 4 aliphatic rings. The van der Waals surface area contributed by atoms with Gasteiger partial charge in [-0.05, 0) is 44.1 Å². The monoisotopic (exact) mass is 894 g/mol. The molecule has 4 aliphatic heterocycles. The van der Waals surface area contributed by atoms with Crippen molar-refractivity contribution in [1.82, 2.24) is 0 Å². The molecule has 3 fully saturated rings. The van der Waals surface area contributed by atoms with Crippen molar-refractivity contribution < 1.29 is 82.3 Å². The largest absolute Gasteiger partial charge is 0.466 e. The second kappa shape index (κ2) is 21.5. The van der Waals surface area contributed by atoms with Gasteiger partial charge < -0.3 is 58.3 Å². The molecule has 0 aliphatic carbocycles. The van der Waals surface area contributed by atoms with E-state index in [4.69, 9.17) is 37.9 Å². The standard InChI is InChI=1S/C46H70O17/c1-11-12-37(49)61-42-29(20-39(51)57-10)19-32-23-35(27(4)47)59-41(53)22-30(48)21-33-24-36(60-40(52)15-26(2)3)44(7,8)45(54,62-33)25-34-17-28(18-38(50)56-9)16-31(58-34)13-14-43(5,6)46(42,55)63-32/h13-14,18,20,26-27,30-36,42,47-48,54-55H,11-12,15-17,19,21-25H2,1-10H3/b14-13+,28-18-,29-20+/t27-,30-,31?,32?,33-,34+,35-,36+,42?,45+,46?/m1/s1. The van der Waals surface area contributed by atoms with E-state index < -0.39 is 114 Å². The van der Waals surface area contributed by atoms with Gasteiger partial charge in [0.15, 0.2) is 11.9 Å². The number of esters is 5. The van der Waals surface area contributed by atoms with Crippen LogP contribution in [0.4, 0.5) is 0 Å². The molecule has 0 saturated carbocycles. The summed E-state index contributed by atoms with van der Waals surface area (Å²) in [7, 11) is 2.42. The molecule has 0 aromatic heterocycles. The lowest BCUT2D eigenvalue weighted by Crippen LogP contribution is -2.62. The van der Waals surface area contributed by atoms with Gasteiger partial charge in [0.25, 0.3) is 0 Å². The molecule has 4 unspecified atom stereocenters. The summed E-state index contributed by atoms with van der Waals surface area (Å²) < 4.78 is 47.0. The van der Waals surface area contributed by atoms with Crippen LogP contribution in [0.2, 0.25) is 0 Å². The van der Waals surface area contributed by atoms with Crippen molar-refractivity contribution in [3.63, 3.8) is 0 Å². The second-order valence-corrected chi connectivity index (χ2v) is 19.0. The third kappa shape index (κ3) is 13.2. The number of rotatable bonds is 9. The summed E-state index contributed by atoms with van der Waals surface area (Å²) >= 11 is 0. The average Bonchev–Trinajstić information content (AvgIpc) is 3.16. The summed E-state index contributed by atoms with van der Waals surface area (Å²) in [4.78, 5) is 65.1. The van der Waals surface area contributed by atoms with Crippen LogP contribution in [0, 0.1) is 16.7 Å². The quantitative estimate of drug-likeness (QED) is 0.110. The zero-order valence-corrected chi connectivity index (χ0v) is 38.5. The summed E-state index contributed by atoms with van der Waals surface area (Å²) in [5.74, 6) is -7.91. The van der Waals surface area contributed by atoms with Gasteiger partial charge >= 0.3 is 29.8 Å². The summed E-state index contributed by atoms with van der Waals surface area (Å²) in [6.45, 7) is 13.6. The number of ether oxygens (including phenoxy) is 8. The first-order valence-electron chi connectivity index (χ1n) is 22.0. The van der Waals surface area contributed by atoms with Crippen LogP contribution >= 0.6 is 0 Å². The SMILES string of the molecule is CCCC(=O)OC1/C(=C/C(=O)OC)CC2C[C@H]([C@@H](C)O)OC(=O)C[C@H](O)C[C@@H]3C[C@H](OC(=O)CC(C)C)C(C)(C)[C@](O)(C[C@@H]4C/C(=C\C(=O)OC)CC(/C=C/C(C)(C)C1(O)O2)O4)O3. The summed E-state index contributed by atoms with van der Waals surface area (Å²) in [5, 5.41) is 47.7. The Morgan fingerprint density at radius 3 is 2.14 bits per heavy atom. The second-order valence-electron chi connectivity index (χ2n) is 19.0. The molecule has 63 heavy (non-hydrogen) atoms. The first-order valence-corrected chi connectivity index (χ1v) is 22.0. The number of hydrogen-bond donors (Lipinski definition) is 4. The Hall–Kier alpha value is -3.71. The van der Waals surface area contributed by atoms with Gasteiger partial charge in [-0.15, -0.1) is 0 Å². The maximum Gasteiger partial charge on any atom is 0.330 e. The lowest BCUT2D eigenvalue weighted by atomic mass is 9.70. The van der Waals surface area contributed by atoms with E-state index in [1.807, 2.05) is 13.8 Å². The highest BCUT2D eigenvalue weighted by molar-refractivity contribution is 5.83. The van der Waals surface area contributed by atoms with E-state index in [0.717, 1.165) is 6.08 Å². The Morgan fingerprint density at radius 1 is 0.857 bits per heavy atom. The van der Waals surface area contributed by atoms with Crippen LogP contribution in [0.15, 0.2) is 35.5 Å². The van der Waals surface area contributed by atoms with Gasteiger partial charge in [0, 0.05) is 56.1 Å². The highest BCUT2D eigenvalue weighted by Gasteiger charge is 2.59. The predicted octanol–water partition coefficient (Wildman–Crippen LogP) is 4.19. The third-order valence-corrected chi connectivity index (χ3v) is 12.5. The fourth-order valence-corrected chi connectivity index (χ4v) is 8.68. The van der Waals surface area contributed by atoms with Crippen LogP contribution < -0.4 is 0 Å². The van der Waals surface area contributed by atoms with E-state index >= 15 is 0 Å². The van der Waals surface area contributed by atoms with Crippen LogP contribution in [0.1, 0.15) is 126 Å². The Morgan fingerprint density at radius 2 is 1.52 bits per heavy atom. The lowest BCUT2D eigenvalue weighted by molar-refractivity contribution is -0.349. The van der Waals surface area contributed by atoms with Gasteiger partial charge in [-0.25, -0.2) is 9.59 Å². The van der Waals surface area contributed by atoms with Gasteiger partial charge in [0.1, 0.15) is 12.2 Å². The molecule has 4 rings (SSSR count). The highest BCUT2D eigenvalue weighted by Crippen LogP contribution is 2.50. The maximum atomic E-state index is 13.5. The van der Waals surface area contributed by atoms with Crippen molar-refractivity contribution >= 4 is 29.8 Å². The zero-order chi connectivity index (χ0) is 47.1. The number of carbonyl (C=O) groups is 5. The van der Waals surface area contributed by atoms with E-state index in [-0.39, 0.29) is 69.3 Å². The van der Waals surface area contributed by atoms with E-state index in [9.17, 15) is 44.4 Å². The van der Waals surface area contributed by atoms with Crippen LogP contribution in [-0.2, 0) is 61.9 Å². The predicted molar refractivity (Wildman–Crippen MR) is 224 cm³/mol. The Balaban J connectivity index is 1.88. The summed E-state index contributed by atoms with van der Waals surface area (Å²) in [6, 6.07) is 0. The Labute approximate surface area is 370 Å². The number of cyclic esters (lactones) is 1. The van der Waals surface area contributed by atoms with Crippen LogP contribution in [0.5, 0.6) is 0 Å².